The molecule has 2 unspecified atom stereocenters. The highest BCUT2D eigenvalue weighted by atomic mass is 16.5. The van der Waals surface area contributed by atoms with Gasteiger partial charge in [0.25, 0.3) is 0 Å². The third kappa shape index (κ3) is 1.98. The van der Waals surface area contributed by atoms with Crippen molar-refractivity contribution in [2.24, 2.45) is 11.8 Å². The summed E-state index contributed by atoms with van der Waals surface area (Å²) in [4.78, 5) is 0. The van der Waals surface area contributed by atoms with Crippen LogP contribution < -0.4 is 5.32 Å². The molecule has 2 nitrogen and oxygen atoms in total. The first kappa shape index (κ1) is 11.6. The summed E-state index contributed by atoms with van der Waals surface area (Å²) in [5.41, 5.74) is 2.90. The van der Waals surface area contributed by atoms with Gasteiger partial charge < -0.3 is 10.1 Å². The molecule has 0 aromatic rings. The Morgan fingerprint density at radius 2 is 2.12 bits per heavy atom. The summed E-state index contributed by atoms with van der Waals surface area (Å²) in [6.45, 7) is 9.06. The van der Waals surface area contributed by atoms with Crippen molar-refractivity contribution in [2.75, 3.05) is 7.11 Å². The zero-order valence-electron chi connectivity index (χ0n) is 11.1. The average Bonchev–Trinajstić information content (AvgIpc) is 2.14. The summed E-state index contributed by atoms with van der Waals surface area (Å²) < 4.78 is 5.46. The van der Waals surface area contributed by atoms with Crippen molar-refractivity contribution < 1.29 is 4.74 Å². The minimum absolute atomic E-state index is 0.229. The lowest BCUT2D eigenvalue weighted by Gasteiger charge is -2.44. The molecular formula is C14H23NO. The molecule has 1 aliphatic heterocycles. The monoisotopic (exact) mass is 221 g/mol. The second kappa shape index (κ2) is 3.83. The molecule has 0 amide bonds. The van der Waals surface area contributed by atoms with Gasteiger partial charge in [-0.3, -0.25) is 0 Å². The summed E-state index contributed by atoms with van der Waals surface area (Å²) in [6.07, 6.45) is 4.55. The van der Waals surface area contributed by atoms with Crippen LogP contribution in [-0.2, 0) is 4.74 Å². The predicted molar refractivity (Wildman–Crippen MR) is 66.9 cm³/mol. The lowest BCUT2D eigenvalue weighted by Crippen LogP contribution is -2.49. The van der Waals surface area contributed by atoms with E-state index < -0.39 is 0 Å². The van der Waals surface area contributed by atoms with Gasteiger partial charge in [-0.25, -0.2) is 0 Å². The normalized spacial score (nSPS) is 32.7. The van der Waals surface area contributed by atoms with Crippen LogP contribution >= 0.6 is 0 Å². The lowest BCUT2D eigenvalue weighted by molar-refractivity contribution is 0.179. The van der Waals surface area contributed by atoms with E-state index in [1.165, 1.54) is 17.7 Å². The average molecular weight is 221 g/mol. The van der Waals surface area contributed by atoms with Gasteiger partial charge in [-0.1, -0.05) is 6.92 Å². The summed E-state index contributed by atoms with van der Waals surface area (Å²) >= 11 is 0. The smallest absolute Gasteiger partial charge is 0.0991 e. The Kier molecular flexibility index (Phi) is 2.77. The number of rotatable bonds is 1. The minimum Gasteiger partial charge on any atom is -0.501 e. The van der Waals surface area contributed by atoms with E-state index in [2.05, 4.69) is 39.1 Å². The molecule has 1 fully saturated rings. The van der Waals surface area contributed by atoms with Gasteiger partial charge in [-0.05, 0) is 44.8 Å². The molecule has 0 bridgehead atoms. The van der Waals surface area contributed by atoms with Crippen molar-refractivity contribution in [3.63, 3.8) is 0 Å². The fourth-order valence-electron chi connectivity index (χ4n) is 3.16. The maximum absolute atomic E-state index is 5.46. The second-order valence-corrected chi connectivity index (χ2v) is 5.91. The number of ether oxygens (including phenoxy) is 1. The molecule has 1 heterocycles. The molecule has 2 atom stereocenters. The first-order valence-corrected chi connectivity index (χ1v) is 6.16. The van der Waals surface area contributed by atoms with Crippen molar-refractivity contribution in [3.8, 4) is 0 Å². The Labute approximate surface area is 98.8 Å². The van der Waals surface area contributed by atoms with Crippen LogP contribution in [0.5, 0.6) is 0 Å². The van der Waals surface area contributed by atoms with Crippen LogP contribution in [0.3, 0.4) is 0 Å². The summed E-state index contributed by atoms with van der Waals surface area (Å²) in [5, 5.41) is 3.67. The van der Waals surface area contributed by atoms with Gasteiger partial charge in [-0.15, -0.1) is 0 Å². The summed E-state index contributed by atoms with van der Waals surface area (Å²) in [5.74, 6) is 2.49. The highest BCUT2D eigenvalue weighted by Crippen LogP contribution is 2.41. The van der Waals surface area contributed by atoms with Crippen molar-refractivity contribution in [1.82, 2.24) is 5.32 Å². The Balaban J connectivity index is 2.30. The van der Waals surface area contributed by atoms with E-state index in [4.69, 9.17) is 4.74 Å². The summed E-state index contributed by atoms with van der Waals surface area (Å²) in [6, 6.07) is 0. The van der Waals surface area contributed by atoms with Gasteiger partial charge in [0, 0.05) is 23.6 Å². The van der Waals surface area contributed by atoms with Crippen LogP contribution in [0.25, 0.3) is 0 Å². The molecule has 1 aliphatic carbocycles. The van der Waals surface area contributed by atoms with Crippen LogP contribution in [0, 0.1) is 11.8 Å². The lowest BCUT2D eigenvalue weighted by atomic mass is 9.73. The molecule has 0 aromatic heterocycles. The van der Waals surface area contributed by atoms with Crippen molar-refractivity contribution in [2.45, 2.75) is 46.1 Å². The molecule has 1 saturated heterocycles. The number of piperidine rings is 1. The largest absolute Gasteiger partial charge is 0.501 e. The van der Waals surface area contributed by atoms with E-state index in [1.54, 1.807) is 7.11 Å². The molecule has 0 saturated carbocycles. The topological polar surface area (TPSA) is 21.3 Å². The van der Waals surface area contributed by atoms with Gasteiger partial charge >= 0.3 is 0 Å². The maximum atomic E-state index is 5.46. The number of methoxy groups -OCH3 is 1. The fourth-order valence-corrected chi connectivity index (χ4v) is 3.16. The quantitative estimate of drug-likeness (QED) is 0.734. The zero-order valence-corrected chi connectivity index (χ0v) is 11.1. The molecule has 2 rings (SSSR count). The maximum Gasteiger partial charge on any atom is 0.0991 e. The molecule has 16 heavy (non-hydrogen) atoms. The van der Waals surface area contributed by atoms with Crippen molar-refractivity contribution in [1.29, 1.82) is 0 Å². The number of hydrogen-bond acceptors (Lipinski definition) is 2. The van der Waals surface area contributed by atoms with E-state index in [0.29, 0.717) is 5.92 Å². The first-order chi connectivity index (χ1) is 7.43. The number of fused-ring (bicyclic) bond motifs is 1. The van der Waals surface area contributed by atoms with Gasteiger partial charge in [-0.2, -0.15) is 0 Å². The standard InChI is InChI=1S/C14H23NO/c1-9-6-12-11(7-13(9)16-5)10(2)8-14(3,4)15-12/h6,10-11,15H,7-8H2,1-5H3. The molecule has 1 N–H and O–H groups in total. The Morgan fingerprint density at radius 1 is 1.44 bits per heavy atom. The first-order valence-electron chi connectivity index (χ1n) is 6.16. The van der Waals surface area contributed by atoms with Crippen molar-refractivity contribution in [3.05, 3.63) is 23.1 Å². The van der Waals surface area contributed by atoms with Gasteiger partial charge in [0.05, 0.1) is 12.9 Å². The number of allylic oxidation sites excluding steroid dienone is 4. The van der Waals surface area contributed by atoms with Gasteiger partial charge in [0.1, 0.15) is 0 Å². The molecule has 2 aliphatic rings. The minimum atomic E-state index is 0.229. The zero-order chi connectivity index (χ0) is 11.9. The van der Waals surface area contributed by atoms with E-state index in [0.717, 1.165) is 18.1 Å². The molecular weight excluding hydrogens is 198 g/mol. The van der Waals surface area contributed by atoms with Crippen LogP contribution in [0.2, 0.25) is 0 Å². The van der Waals surface area contributed by atoms with Crippen LogP contribution in [0.4, 0.5) is 0 Å². The van der Waals surface area contributed by atoms with E-state index in [9.17, 15) is 0 Å². The van der Waals surface area contributed by atoms with Crippen LogP contribution in [0.1, 0.15) is 40.5 Å². The molecule has 0 aromatic carbocycles. The van der Waals surface area contributed by atoms with E-state index in [1.807, 2.05) is 0 Å². The Bertz CT molecular complexity index is 352. The molecule has 90 valence electrons. The van der Waals surface area contributed by atoms with Crippen molar-refractivity contribution >= 4 is 0 Å². The summed E-state index contributed by atoms with van der Waals surface area (Å²) in [7, 11) is 1.78. The molecule has 2 heteroatoms. The SMILES string of the molecule is COC1=C(C)C=C2NC(C)(C)CC(C)C2C1. The third-order valence-electron chi connectivity index (χ3n) is 3.86. The fraction of sp³-hybridized carbons (Fsp3) is 0.714. The van der Waals surface area contributed by atoms with Gasteiger partial charge in [0.2, 0.25) is 0 Å². The molecule has 0 radical (unpaired) electrons. The van der Waals surface area contributed by atoms with E-state index in [-0.39, 0.29) is 5.54 Å². The predicted octanol–water partition coefficient (Wildman–Crippen LogP) is 3.22. The van der Waals surface area contributed by atoms with E-state index >= 15 is 0 Å². The highest BCUT2D eigenvalue weighted by molar-refractivity contribution is 5.33. The second-order valence-electron chi connectivity index (χ2n) is 5.91. The number of nitrogens with one attached hydrogen (secondary N) is 1. The molecule has 0 spiro atoms. The Morgan fingerprint density at radius 3 is 2.75 bits per heavy atom. The van der Waals surface area contributed by atoms with Crippen LogP contribution in [-0.4, -0.2) is 12.6 Å². The highest BCUT2D eigenvalue weighted by Gasteiger charge is 2.37. The van der Waals surface area contributed by atoms with Crippen LogP contribution in [0.15, 0.2) is 23.1 Å². The number of hydrogen-bond donors (Lipinski definition) is 1. The van der Waals surface area contributed by atoms with Gasteiger partial charge in [0.15, 0.2) is 0 Å². The third-order valence-corrected chi connectivity index (χ3v) is 3.86. The Hall–Kier alpha value is -0.920.